The van der Waals surface area contributed by atoms with Gasteiger partial charge in [0.25, 0.3) is 0 Å². The third-order valence-corrected chi connectivity index (χ3v) is 6.57. The van der Waals surface area contributed by atoms with Gasteiger partial charge in [-0.1, -0.05) is 72.8 Å². The van der Waals surface area contributed by atoms with Gasteiger partial charge < -0.3 is 4.90 Å². The Hall–Kier alpha value is -3.06. The van der Waals surface area contributed by atoms with Gasteiger partial charge in [0.05, 0.1) is 5.41 Å². The summed E-state index contributed by atoms with van der Waals surface area (Å²) in [6.07, 6.45) is 7.02. The summed E-state index contributed by atoms with van der Waals surface area (Å²) in [6.45, 7) is 0. The molecule has 1 nitrogen and oxygen atoms in total. The fourth-order valence-corrected chi connectivity index (χ4v) is 5.54. The Kier molecular flexibility index (Phi) is 2.91. The van der Waals surface area contributed by atoms with Crippen molar-refractivity contribution in [2.75, 3.05) is 11.9 Å². The number of fused-ring (bicyclic) bond motifs is 8. The van der Waals surface area contributed by atoms with Crippen LogP contribution in [-0.2, 0) is 5.41 Å². The molecule has 0 bridgehead atoms. The molecule has 6 rings (SSSR count). The van der Waals surface area contributed by atoms with Crippen molar-refractivity contribution in [1.29, 1.82) is 0 Å². The normalized spacial score (nSPS) is 18.2. The highest BCUT2D eigenvalue weighted by atomic mass is 15.1. The second-order valence-corrected chi connectivity index (χ2v) is 7.72. The number of allylic oxidation sites excluding steroid dienone is 4. The first-order chi connectivity index (χ1) is 13.3. The molecular weight excluding hydrogens is 326 g/mol. The number of anilines is 2. The van der Waals surface area contributed by atoms with Gasteiger partial charge in [-0.05, 0) is 58.4 Å². The summed E-state index contributed by atoms with van der Waals surface area (Å²) in [5.41, 5.74) is 11.1. The Labute approximate surface area is 160 Å². The van der Waals surface area contributed by atoms with E-state index in [2.05, 4.69) is 96.9 Å². The molecule has 1 heteroatoms. The van der Waals surface area contributed by atoms with Crippen LogP contribution in [0, 0.1) is 0 Å². The number of benzene rings is 3. The molecule has 0 aromatic heterocycles. The van der Waals surface area contributed by atoms with E-state index in [9.17, 15) is 0 Å². The van der Waals surface area contributed by atoms with Crippen molar-refractivity contribution in [3.8, 4) is 0 Å². The average Bonchev–Trinajstić information content (AvgIpc) is 3.04. The van der Waals surface area contributed by atoms with Crippen LogP contribution < -0.4 is 4.90 Å². The molecule has 27 heavy (non-hydrogen) atoms. The summed E-state index contributed by atoms with van der Waals surface area (Å²) in [5.74, 6) is 0. The molecule has 1 spiro atoms. The molecule has 0 amide bonds. The van der Waals surface area contributed by atoms with Crippen molar-refractivity contribution in [3.63, 3.8) is 0 Å². The minimum Gasteiger partial charge on any atom is -0.344 e. The molecule has 3 aromatic rings. The standard InChI is InChI=1S/C26H21N/c1-27-24-16-8-6-14-22(24)26(23-15-7-9-17-25(23)27)20-12-4-2-10-18(20)19-11-3-5-13-21(19)26/h2,4-10,12-17H,3,11H2,1H3. The first-order valence-corrected chi connectivity index (χ1v) is 9.76. The summed E-state index contributed by atoms with van der Waals surface area (Å²) in [6, 6.07) is 26.9. The smallest absolute Gasteiger partial charge is 0.0750 e. The van der Waals surface area contributed by atoms with E-state index in [0.717, 1.165) is 12.8 Å². The predicted molar refractivity (Wildman–Crippen MR) is 113 cm³/mol. The highest BCUT2D eigenvalue weighted by Gasteiger charge is 2.51. The Morgan fingerprint density at radius 3 is 2.04 bits per heavy atom. The lowest BCUT2D eigenvalue weighted by molar-refractivity contribution is 0.738. The van der Waals surface area contributed by atoms with E-state index < -0.39 is 0 Å². The number of hydrogen-bond donors (Lipinski definition) is 0. The number of rotatable bonds is 0. The summed E-state index contributed by atoms with van der Waals surface area (Å²) < 4.78 is 0. The SMILES string of the molecule is CN1c2ccccc2C2(C3=C(CCC=C3)c3ccccc32)c2ccccc21. The zero-order chi connectivity index (χ0) is 18.0. The second-order valence-electron chi connectivity index (χ2n) is 7.72. The predicted octanol–water partition coefficient (Wildman–Crippen LogP) is 6.22. The Bertz CT molecular complexity index is 1100. The van der Waals surface area contributed by atoms with E-state index in [1.807, 2.05) is 0 Å². The molecule has 0 atom stereocenters. The largest absolute Gasteiger partial charge is 0.344 e. The topological polar surface area (TPSA) is 3.24 Å². The van der Waals surface area contributed by atoms with Crippen molar-refractivity contribution in [2.24, 2.45) is 0 Å². The summed E-state index contributed by atoms with van der Waals surface area (Å²) in [7, 11) is 2.19. The molecule has 0 N–H and O–H groups in total. The van der Waals surface area contributed by atoms with Crippen molar-refractivity contribution in [2.45, 2.75) is 18.3 Å². The second kappa shape index (κ2) is 5.23. The number of hydrogen-bond acceptors (Lipinski definition) is 1. The Morgan fingerprint density at radius 1 is 0.741 bits per heavy atom. The number of para-hydroxylation sites is 2. The Balaban J connectivity index is 1.84. The van der Waals surface area contributed by atoms with Gasteiger partial charge in [0, 0.05) is 18.4 Å². The first kappa shape index (κ1) is 15.0. The Morgan fingerprint density at radius 2 is 1.33 bits per heavy atom. The summed E-state index contributed by atoms with van der Waals surface area (Å²) in [5, 5.41) is 0. The van der Waals surface area contributed by atoms with Gasteiger partial charge in [0.15, 0.2) is 0 Å². The minimum absolute atomic E-state index is 0.206. The zero-order valence-corrected chi connectivity index (χ0v) is 15.4. The fraction of sp³-hybridized carbons (Fsp3) is 0.154. The summed E-state index contributed by atoms with van der Waals surface area (Å²) >= 11 is 0. The maximum atomic E-state index is 2.40. The fourth-order valence-electron chi connectivity index (χ4n) is 5.54. The van der Waals surface area contributed by atoms with Crippen LogP contribution in [0.3, 0.4) is 0 Å². The van der Waals surface area contributed by atoms with Crippen LogP contribution in [0.1, 0.15) is 35.1 Å². The van der Waals surface area contributed by atoms with Gasteiger partial charge in [0.1, 0.15) is 0 Å². The highest BCUT2D eigenvalue weighted by Crippen LogP contribution is 2.62. The van der Waals surface area contributed by atoms with Gasteiger partial charge in [-0.15, -0.1) is 0 Å². The molecule has 2 aliphatic carbocycles. The molecule has 3 aliphatic rings. The van der Waals surface area contributed by atoms with Crippen LogP contribution in [-0.4, -0.2) is 7.05 Å². The molecule has 0 fully saturated rings. The van der Waals surface area contributed by atoms with E-state index >= 15 is 0 Å². The van der Waals surface area contributed by atoms with E-state index in [4.69, 9.17) is 0 Å². The molecule has 0 saturated heterocycles. The van der Waals surface area contributed by atoms with Crippen molar-refractivity contribution in [3.05, 3.63) is 113 Å². The molecule has 130 valence electrons. The first-order valence-electron chi connectivity index (χ1n) is 9.76. The molecule has 3 aromatic carbocycles. The summed E-state index contributed by atoms with van der Waals surface area (Å²) in [4.78, 5) is 2.35. The lowest BCUT2D eigenvalue weighted by atomic mass is 9.63. The van der Waals surface area contributed by atoms with Crippen LogP contribution in [0.4, 0.5) is 11.4 Å². The van der Waals surface area contributed by atoms with Gasteiger partial charge >= 0.3 is 0 Å². The van der Waals surface area contributed by atoms with Gasteiger partial charge in [-0.2, -0.15) is 0 Å². The monoisotopic (exact) mass is 347 g/mol. The third-order valence-electron chi connectivity index (χ3n) is 6.57. The van der Waals surface area contributed by atoms with Gasteiger partial charge in [-0.3, -0.25) is 0 Å². The van der Waals surface area contributed by atoms with E-state index in [1.54, 1.807) is 0 Å². The maximum Gasteiger partial charge on any atom is 0.0750 e. The van der Waals surface area contributed by atoms with E-state index in [1.165, 1.54) is 44.8 Å². The van der Waals surface area contributed by atoms with Crippen LogP contribution >= 0.6 is 0 Å². The molecule has 0 unspecified atom stereocenters. The molecular formula is C26H21N. The minimum atomic E-state index is -0.206. The van der Waals surface area contributed by atoms with Crippen LogP contribution in [0.25, 0.3) is 5.57 Å². The zero-order valence-electron chi connectivity index (χ0n) is 15.4. The highest BCUT2D eigenvalue weighted by molar-refractivity contribution is 5.94. The quantitative estimate of drug-likeness (QED) is 0.466. The molecule has 1 heterocycles. The molecule has 1 aliphatic heterocycles. The third kappa shape index (κ3) is 1.70. The van der Waals surface area contributed by atoms with Crippen molar-refractivity contribution >= 4 is 16.9 Å². The molecule has 0 radical (unpaired) electrons. The maximum absolute atomic E-state index is 2.40. The van der Waals surface area contributed by atoms with Gasteiger partial charge in [-0.25, -0.2) is 0 Å². The van der Waals surface area contributed by atoms with Crippen molar-refractivity contribution in [1.82, 2.24) is 0 Å². The van der Waals surface area contributed by atoms with E-state index in [0.29, 0.717) is 0 Å². The average molecular weight is 347 g/mol. The van der Waals surface area contributed by atoms with Crippen LogP contribution in [0.15, 0.2) is 90.5 Å². The lowest BCUT2D eigenvalue weighted by Gasteiger charge is -2.44. The molecule has 0 saturated carbocycles. The van der Waals surface area contributed by atoms with E-state index in [-0.39, 0.29) is 5.41 Å². The van der Waals surface area contributed by atoms with Crippen LogP contribution in [0.5, 0.6) is 0 Å². The number of nitrogens with zero attached hydrogens (tertiary/aromatic N) is 1. The van der Waals surface area contributed by atoms with Crippen LogP contribution in [0.2, 0.25) is 0 Å². The van der Waals surface area contributed by atoms with Gasteiger partial charge in [0.2, 0.25) is 0 Å². The van der Waals surface area contributed by atoms with Crippen molar-refractivity contribution < 1.29 is 0 Å². The lowest BCUT2D eigenvalue weighted by Crippen LogP contribution is -2.36.